The Hall–Kier alpha value is -1.56. The molecule has 1 aliphatic rings. The van der Waals surface area contributed by atoms with Crippen LogP contribution in [0, 0.1) is 11.8 Å². The number of halogens is 2. The summed E-state index contributed by atoms with van der Waals surface area (Å²) in [5, 5.41) is 12.1. The second kappa shape index (κ2) is 5.61. The quantitative estimate of drug-likeness (QED) is 0.823. The molecule has 104 valence electrons. The highest BCUT2D eigenvalue weighted by Gasteiger charge is 2.34. The zero-order valence-corrected chi connectivity index (χ0v) is 10.5. The van der Waals surface area contributed by atoms with Crippen molar-refractivity contribution in [1.82, 2.24) is 10.3 Å². The first kappa shape index (κ1) is 13.9. The Labute approximate surface area is 109 Å². The number of aliphatic hydroxyl groups excluding tert-OH is 1. The van der Waals surface area contributed by atoms with Crippen molar-refractivity contribution in [2.75, 3.05) is 6.61 Å². The van der Waals surface area contributed by atoms with Gasteiger partial charge in [-0.2, -0.15) is 4.39 Å². The van der Waals surface area contributed by atoms with E-state index in [-0.39, 0.29) is 12.2 Å². The first-order valence-corrected chi connectivity index (χ1v) is 6.31. The van der Waals surface area contributed by atoms with E-state index in [0.29, 0.717) is 12.8 Å². The number of amides is 1. The van der Waals surface area contributed by atoms with Crippen LogP contribution in [0.5, 0.6) is 0 Å². The van der Waals surface area contributed by atoms with E-state index in [1.807, 2.05) is 0 Å². The molecule has 0 bridgehead atoms. The lowest BCUT2D eigenvalue weighted by molar-refractivity contribution is 0.0753. The third kappa shape index (κ3) is 2.89. The number of nitrogens with zero attached hydrogens (tertiary/aromatic N) is 1. The van der Waals surface area contributed by atoms with Gasteiger partial charge in [0.1, 0.15) is 0 Å². The number of nitrogens with one attached hydrogen (secondary N) is 1. The van der Waals surface area contributed by atoms with Gasteiger partial charge in [0, 0.05) is 6.20 Å². The van der Waals surface area contributed by atoms with E-state index < -0.39 is 23.2 Å². The summed E-state index contributed by atoms with van der Waals surface area (Å²) in [7, 11) is 0. The van der Waals surface area contributed by atoms with Crippen LogP contribution in [0.15, 0.2) is 12.3 Å². The minimum Gasteiger partial charge on any atom is -0.394 e. The van der Waals surface area contributed by atoms with Crippen molar-refractivity contribution in [2.24, 2.45) is 0 Å². The summed E-state index contributed by atoms with van der Waals surface area (Å²) in [6.07, 6.45) is 5.17. The van der Waals surface area contributed by atoms with Gasteiger partial charge in [0.05, 0.1) is 17.7 Å². The molecular weight excluding hydrogens is 254 g/mol. The molecular formula is C13H16F2N2O2. The monoisotopic (exact) mass is 270 g/mol. The van der Waals surface area contributed by atoms with E-state index in [4.69, 9.17) is 0 Å². The van der Waals surface area contributed by atoms with E-state index in [1.54, 1.807) is 0 Å². The third-order valence-corrected chi connectivity index (χ3v) is 3.58. The maximum Gasteiger partial charge on any atom is 0.254 e. The van der Waals surface area contributed by atoms with Crippen LogP contribution in [-0.4, -0.2) is 28.1 Å². The minimum atomic E-state index is -1.30. The Morgan fingerprint density at radius 2 is 2.05 bits per heavy atom. The Bertz CT molecular complexity index is 474. The smallest absolute Gasteiger partial charge is 0.254 e. The van der Waals surface area contributed by atoms with E-state index in [2.05, 4.69) is 10.3 Å². The molecule has 6 heteroatoms. The SMILES string of the molecule is O=C(NC1(CO)CCCCC1)c1ccnc(F)c1F. The lowest BCUT2D eigenvalue weighted by Gasteiger charge is -2.36. The van der Waals surface area contributed by atoms with Crippen LogP contribution in [-0.2, 0) is 0 Å². The number of aliphatic hydroxyl groups is 1. The fraction of sp³-hybridized carbons (Fsp3) is 0.538. The summed E-state index contributed by atoms with van der Waals surface area (Å²) in [5.74, 6) is -3.27. The lowest BCUT2D eigenvalue weighted by atomic mass is 9.82. The van der Waals surface area contributed by atoms with Gasteiger partial charge >= 0.3 is 0 Å². The van der Waals surface area contributed by atoms with E-state index in [0.717, 1.165) is 31.5 Å². The molecule has 4 nitrogen and oxygen atoms in total. The molecule has 1 aromatic rings. The van der Waals surface area contributed by atoms with E-state index in [1.165, 1.54) is 0 Å². The van der Waals surface area contributed by atoms with Gasteiger partial charge in [-0.05, 0) is 18.9 Å². The number of hydrogen-bond acceptors (Lipinski definition) is 3. The van der Waals surface area contributed by atoms with Crippen molar-refractivity contribution in [2.45, 2.75) is 37.6 Å². The number of carbonyl (C=O) groups excluding carboxylic acids is 1. The predicted octanol–water partition coefficient (Wildman–Crippen LogP) is 1.78. The fourth-order valence-electron chi connectivity index (χ4n) is 2.45. The molecule has 1 fully saturated rings. The van der Waals surface area contributed by atoms with Crippen LogP contribution in [0.3, 0.4) is 0 Å². The topological polar surface area (TPSA) is 62.2 Å². The van der Waals surface area contributed by atoms with Crippen molar-refractivity contribution in [3.05, 3.63) is 29.6 Å². The van der Waals surface area contributed by atoms with Crippen molar-refractivity contribution in [3.63, 3.8) is 0 Å². The first-order valence-electron chi connectivity index (χ1n) is 6.31. The maximum atomic E-state index is 13.5. The normalized spacial score (nSPS) is 18.1. The van der Waals surface area contributed by atoms with Crippen molar-refractivity contribution >= 4 is 5.91 Å². The standard InChI is InChI=1S/C13H16F2N2O2/c14-10-9(4-7-16-11(10)15)12(19)17-13(8-18)5-2-1-3-6-13/h4,7,18H,1-3,5-6,8H2,(H,17,19). The molecule has 0 aromatic carbocycles. The summed E-state index contributed by atoms with van der Waals surface area (Å²) in [6, 6.07) is 1.13. The van der Waals surface area contributed by atoms with Crippen LogP contribution in [0.4, 0.5) is 8.78 Å². The third-order valence-electron chi connectivity index (χ3n) is 3.58. The molecule has 1 aliphatic carbocycles. The van der Waals surface area contributed by atoms with Crippen LogP contribution < -0.4 is 5.32 Å². The molecule has 0 unspecified atom stereocenters. The number of rotatable bonds is 3. The van der Waals surface area contributed by atoms with Gasteiger partial charge in [0.2, 0.25) is 5.95 Å². The molecule has 0 radical (unpaired) electrons. The van der Waals surface area contributed by atoms with Gasteiger partial charge in [-0.15, -0.1) is 0 Å². The molecule has 2 rings (SSSR count). The van der Waals surface area contributed by atoms with Gasteiger partial charge < -0.3 is 10.4 Å². The van der Waals surface area contributed by atoms with Gasteiger partial charge in [0.25, 0.3) is 5.91 Å². The zero-order valence-electron chi connectivity index (χ0n) is 10.5. The number of hydrogen-bond donors (Lipinski definition) is 2. The Balaban J connectivity index is 2.17. The summed E-state index contributed by atoms with van der Waals surface area (Å²) < 4.78 is 26.5. The predicted molar refractivity (Wildman–Crippen MR) is 64.5 cm³/mol. The minimum absolute atomic E-state index is 0.200. The number of pyridine rings is 1. The molecule has 0 saturated heterocycles. The molecule has 1 heterocycles. The Morgan fingerprint density at radius 3 is 2.68 bits per heavy atom. The molecule has 0 spiro atoms. The largest absolute Gasteiger partial charge is 0.394 e. The van der Waals surface area contributed by atoms with E-state index in [9.17, 15) is 18.7 Å². The van der Waals surface area contributed by atoms with Crippen molar-refractivity contribution in [1.29, 1.82) is 0 Å². The van der Waals surface area contributed by atoms with Crippen LogP contribution in [0.1, 0.15) is 42.5 Å². The van der Waals surface area contributed by atoms with Gasteiger partial charge in [-0.1, -0.05) is 19.3 Å². The molecule has 2 N–H and O–H groups in total. The molecule has 0 aliphatic heterocycles. The fourth-order valence-corrected chi connectivity index (χ4v) is 2.45. The van der Waals surface area contributed by atoms with Crippen molar-refractivity contribution < 1.29 is 18.7 Å². The second-order valence-electron chi connectivity index (χ2n) is 4.92. The van der Waals surface area contributed by atoms with Gasteiger partial charge in [-0.25, -0.2) is 9.37 Å². The summed E-state index contributed by atoms with van der Waals surface area (Å²) in [4.78, 5) is 15.1. The van der Waals surface area contributed by atoms with Crippen LogP contribution in [0.25, 0.3) is 0 Å². The lowest BCUT2D eigenvalue weighted by Crippen LogP contribution is -2.52. The highest BCUT2D eigenvalue weighted by molar-refractivity contribution is 5.94. The Morgan fingerprint density at radius 1 is 1.37 bits per heavy atom. The first-order chi connectivity index (χ1) is 9.08. The summed E-state index contributed by atoms with van der Waals surface area (Å²) >= 11 is 0. The molecule has 19 heavy (non-hydrogen) atoms. The Kier molecular flexibility index (Phi) is 4.09. The zero-order chi connectivity index (χ0) is 13.9. The van der Waals surface area contributed by atoms with E-state index >= 15 is 0 Å². The van der Waals surface area contributed by atoms with Crippen molar-refractivity contribution in [3.8, 4) is 0 Å². The average molecular weight is 270 g/mol. The summed E-state index contributed by atoms with van der Waals surface area (Å²) in [6.45, 7) is -0.200. The molecule has 1 saturated carbocycles. The average Bonchev–Trinajstić information content (AvgIpc) is 2.42. The maximum absolute atomic E-state index is 13.5. The number of aromatic nitrogens is 1. The molecule has 1 aromatic heterocycles. The molecule has 0 atom stereocenters. The highest BCUT2D eigenvalue weighted by atomic mass is 19.2. The van der Waals surface area contributed by atoms with Gasteiger partial charge in [-0.3, -0.25) is 4.79 Å². The number of carbonyl (C=O) groups is 1. The van der Waals surface area contributed by atoms with Gasteiger partial charge in [0.15, 0.2) is 5.82 Å². The van der Waals surface area contributed by atoms with Crippen LogP contribution >= 0.6 is 0 Å². The molecule has 1 amide bonds. The van der Waals surface area contributed by atoms with Crippen LogP contribution in [0.2, 0.25) is 0 Å². The summed E-state index contributed by atoms with van der Waals surface area (Å²) in [5.41, 5.74) is -1.10. The highest BCUT2D eigenvalue weighted by Crippen LogP contribution is 2.28. The second-order valence-corrected chi connectivity index (χ2v) is 4.92.